The summed E-state index contributed by atoms with van der Waals surface area (Å²) < 4.78 is 35.6. The maximum Gasteiger partial charge on any atom is 0.491 e. The molecule has 0 N–H and O–H groups in total. The van der Waals surface area contributed by atoms with Crippen LogP contribution < -0.4 is 18.9 Å². The molecule has 0 saturated heterocycles. The van der Waals surface area contributed by atoms with Crippen LogP contribution in [0.5, 0.6) is 46.0 Å². The third-order valence-electron chi connectivity index (χ3n) is 14.5. The van der Waals surface area contributed by atoms with Gasteiger partial charge in [-0.15, -0.1) is 18.3 Å². The van der Waals surface area contributed by atoms with E-state index in [2.05, 4.69) is 119 Å². The zero-order chi connectivity index (χ0) is 48.4. The Bertz CT molecular complexity index is 4270. The van der Waals surface area contributed by atoms with Crippen molar-refractivity contribution in [3.63, 3.8) is 0 Å². The van der Waals surface area contributed by atoms with E-state index in [1.807, 2.05) is 97.1 Å². The first-order valence-corrected chi connectivity index (χ1v) is 24.3. The van der Waals surface area contributed by atoms with Gasteiger partial charge in [-0.1, -0.05) is 68.5 Å². The molecule has 8 aromatic rings. The molecule has 1 spiro atoms. The van der Waals surface area contributed by atoms with Crippen LogP contribution in [-0.2, 0) is 0 Å². The van der Waals surface area contributed by atoms with E-state index in [4.69, 9.17) is 38.9 Å². The summed E-state index contributed by atoms with van der Waals surface area (Å²) in [5.41, 5.74) is 11.7. The zero-order valence-electron chi connectivity index (χ0n) is 39.9. The monoisotopic (exact) mass is 948 g/mol. The maximum absolute atomic E-state index is 6.62. The lowest BCUT2D eigenvalue weighted by Gasteiger charge is -2.38. The Kier molecular flexibility index (Phi) is 7.82. The fourth-order valence-electron chi connectivity index (χ4n) is 11.5. The predicted octanol–water partition coefficient (Wildman–Crippen LogP) is 10.9. The fraction of sp³-hybridized carbons (Fsp3) is 0.0820. The lowest BCUT2D eigenvalue weighted by Crippen LogP contribution is -2.76. The lowest BCUT2D eigenvalue weighted by atomic mass is 10.1. The molecule has 16 rings (SSSR count). The number of rotatable bonds is 8. The highest BCUT2D eigenvalue weighted by Gasteiger charge is 2.78. The van der Waals surface area contributed by atoms with E-state index in [1.165, 1.54) is 0 Å². The average Bonchev–Trinajstić information content (AvgIpc) is 4.21. The number of hydrogen-bond acceptors (Lipinski definition) is 8. The Balaban J connectivity index is 0.969. The third-order valence-corrected chi connectivity index (χ3v) is 14.5. The van der Waals surface area contributed by atoms with Gasteiger partial charge in [-0.2, -0.15) is 0 Å². The van der Waals surface area contributed by atoms with Crippen LogP contribution in [0.2, 0.25) is 0 Å². The summed E-state index contributed by atoms with van der Waals surface area (Å²) in [6, 6.07) is 57.3. The van der Waals surface area contributed by atoms with E-state index in [0.717, 1.165) is 125 Å². The van der Waals surface area contributed by atoms with Crippen molar-refractivity contribution in [3.05, 3.63) is 237 Å². The zero-order valence-corrected chi connectivity index (χ0v) is 39.9. The Morgan fingerprint density at radius 3 is 0.849 bits per heavy atom. The van der Waals surface area contributed by atoms with E-state index in [9.17, 15) is 0 Å². The molecule has 8 aliphatic rings. The van der Waals surface area contributed by atoms with Gasteiger partial charge in [0.05, 0.1) is 44.5 Å². The van der Waals surface area contributed by atoms with Crippen molar-refractivity contribution in [2.75, 3.05) is 0 Å². The summed E-state index contributed by atoms with van der Waals surface area (Å²) in [6.07, 6.45) is 0. The number of aliphatic imine (C=N–C) groups is 4. The van der Waals surface area contributed by atoms with Crippen LogP contribution in [0.15, 0.2) is 190 Å². The Labute approximate surface area is 418 Å². The lowest BCUT2D eigenvalue weighted by molar-refractivity contribution is -1.06. The normalized spacial score (nSPS) is 18.0. The van der Waals surface area contributed by atoms with Crippen LogP contribution in [0.1, 0.15) is 66.8 Å². The van der Waals surface area contributed by atoms with Crippen molar-refractivity contribution >= 4 is 46.7 Å². The molecule has 0 amide bonds. The summed E-state index contributed by atoms with van der Waals surface area (Å²) in [5, 5.41) is 0. The molecule has 8 aromatic carbocycles. The van der Waals surface area contributed by atoms with Crippen LogP contribution in [0.4, 0.5) is 0 Å². The Morgan fingerprint density at radius 1 is 0.274 bits per heavy atom. The fourth-order valence-corrected chi connectivity index (χ4v) is 11.5. The highest BCUT2D eigenvalue weighted by Crippen LogP contribution is 2.49. The van der Waals surface area contributed by atoms with Crippen LogP contribution in [-0.4, -0.2) is 70.9 Å². The van der Waals surface area contributed by atoms with E-state index < -0.39 is 5.91 Å². The van der Waals surface area contributed by atoms with Gasteiger partial charge < -0.3 is 18.9 Å². The van der Waals surface area contributed by atoms with Crippen LogP contribution in [0, 0.1) is 27.7 Å². The summed E-state index contributed by atoms with van der Waals surface area (Å²) in [7, 11) is 0. The molecule has 0 bridgehead atoms. The molecule has 0 saturated carbocycles. The molecule has 8 heterocycles. The van der Waals surface area contributed by atoms with Crippen LogP contribution in [0.25, 0.3) is 0 Å². The highest BCUT2D eigenvalue weighted by molar-refractivity contribution is 6.30. The quantitative estimate of drug-likeness (QED) is 0.142. The van der Waals surface area contributed by atoms with Crippen molar-refractivity contribution in [2.24, 2.45) is 20.0 Å². The standard InChI is InChI=1S/C61H40N8O4/c1-33-9-5-13-37(25-33)70-41-17-21-45-49(29-41)57-63-55-47-23-19-43(72-39-15-7-11-35(3)27-39)31-51(47)59-65-60-52-32-44(73-40-16-8-12-36(4)28-40)20-24-48(52)56-64-58-50-30-42(71-38-14-6-10-34(2)26-38)18-22-46(50)54-62-53(45)66(57)61(67(54)58,68(55)59)69(56)60/h5-32H,1-4H3/q+4. The van der Waals surface area contributed by atoms with Gasteiger partial charge in [0.15, 0.2) is 0 Å². The molecular weight excluding hydrogens is 909 g/mol. The molecule has 0 aromatic heterocycles. The second-order valence-corrected chi connectivity index (χ2v) is 19.5. The smallest absolute Gasteiger partial charge is 0.457 e. The third kappa shape index (κ3) is 5.54. The molecule has 12 nitrogen and oxygen atoms in total. The first-order valence-electron chi connectivity index (χ1n) is 24.3. The number of nitrogens with zero attached hydrogens (tertiary/aromatic N) is 8. The Morgan fingerprint density at radius 2 is 0.534 bits per heavy atom. The molecule has 1 unspecified atom stereocenters. The van der Waals surface area contributed by atoms with Gasteiger partial charge >= 0.3 is 5.91 Å². The van der Waals surface area contributed by atoms with E-state index >= 15 is 0 Å². The molecule has 0 radical (unpaired) electrons. The second-order valence-electron chi connectivity index (χ2n) is 19.5. The molecule has 1 atom stereocenters. The molecule has 0 aliphatic carbocycles. The van der Waals surface area contributed by atoms with Crippen molar-refractivity contribution in [1.82, 2.24) is 0 Å². The predicted molar refractivity (Wildman–Crippen MR) is 277 cm³/mol. The van der Waals surface area contributed by atoms with Crippen molar-refractivity contribution in [2.45, 2.75) is 33.6 Å². The number of ether oxygens (including phenoxy) is 4. The van der Waals surface area contributed by atoms with Gasteiger partial charge in [0, 0.05) is 0 Å². The molecule has 344 valence electrons. The van der Waals surface area contributed by atoms with Crippen LogP contribution >= 0.6 is 0 Å². The van der Waals surface area contributed by atoms with Crippen molar-refractivity contribution in [3.8, 4) is 46.0 Å². The largest absolute Gasteiger partial charge is 0.491 e. The number of hydrogen-bond donors (Lipinski definition) is 0. The molecule has 73 heavy (non-hydrogen) atoms. The van der Waals surface area contributed by atoms with E-state index in [-0.39, 0.29) is 0 Å². The minimum atomic E-state index is -1.27. The van der Waals surface area contributed by atoms with E-state index in [1.54, 1.807) is 0 Å². The summed E-state index contributed by atoms with van der Waals surface area (Å²) in [4.78, 5) is 22.8. The average molecular weight is 949 g/mol. The number of benzene rings is 8. The number of amidine groups is 8. The molecule has 12 heteroatoms. The molecule has 0 fully saturated rings. The minimum absolute atomic E-state index is 0.681. The summed E-state index contributed by atoms with van der Waals surface area (Å²) >= 11 is 0. The van der Waals surface area contributed by atoms with Gasteiger partial charge in [0.1, 0.15) is 46.0 Å². The topological polar surface area (TPSA) is 98.4 Å². The first-order chi connectivity index (χ1) is 35.7. The highest BCUT2D eigenvalue weighted by atomic mass is 16.5. The van der Waals surface area contributed by atoms with Gasteiger partial charge in [0.25, 0.3) is 46.7 Å². The van der Waals surface area contributed by atoms with E-state index in [0.29, 0.717) is 34.7 Å². The summed E-state index contributed by atoms with van der Waals surface area (Å²) in [5.74, 6) is 10.3. The SMILES string of the molecule is Cc1cccc(Oc2ccc3c(c2)C2=NC4=[N+]5C(=NC6=[N+]7C(=NC8=[N+]9C(=NC3=[N+]2C957)c2cc(Oc3cccc(C)c3)ccc28)c2ccc(Oc3cccc(C)c3)cc26)c2ccc(Oc3cccc(C)c3)cc24)c1. The molecular formula is C61H40N8O4+4. The van der Waals surface area contributed by atoms with Gasteiger partial charge in [-0.25, -0.2) is 0 Å². The molecule has 8 aliphatic heterocycles. The second kappa shape index (κ2) is 14.2. The minimum Gasteiger partial charge on any atom is -0.457 e. The Hall–Kier alpha value is -9.68. The van der Waals surface area contributed by atoms with Gasteiger partial charge in [0.2, 0.25) is 0 Å². The maximum atomic E-state index is 6.62. The number of fused-ring (bicyclic) bond motifs is 12. The van der Waals surface area contributed by atoms with Gasteiger partial charge in [-0.05, 0) is 171 Å². The van der Waals surface area contributed by atoms with Crippen molar-refractivity contribution in [1.29, 1.82) is 0 Å². The van der Waals surface area contributed by atoms with Gasteiger partial charge in [-0.3, -0.25) is 0 Å². The van der Waals surface area contributed by atoms with Crippen molar-refractivity contribution < 1.29 is 37.2 Å². The summed E-state index contributed by atoms with van der Waals surface area (Å²) in [6.45, 7) is 8.26. The van der Waals surface area contributed by atoms with Crippen LogP contribution in [0.3, 0.4) is 0 Å². The first kappa shape index (κ1) is 40.1. The number of aryl methyl sites for hydroxylation is 4.